The molecule has 3 rings (SSSR count). The SMILES string of the molecule is CN(Cc1ccccc1)C(=O)CC(=O)N1CCc2ccccc2C1. The Kier molecular flexibility index (Phi) is 4.94. The summed E-state index contributed by atoms with van der Waals surface area (Å²) in [6.45, 7) is 1.81. The van der Waals surface area contributed by atoms with Crippen LogP contribution in [0.1, 0.15) is 23.1 Å². The number of hydrogen-bond acceptors (Lipinski definition) is 2. The molecule has 0 unspecified atom stereocenters. The molecule has 1 heterocycles. The molecule has 0 spiro atoms. The number of nitrogens with zero attached hydrogens (tertiary/aromatic N) is 2. The van der Waals surface area contributed by atoms with Crippen molar-refractivity contribution in [1.82, 2.24) is 9.80 Å². The molecule has 0 radical (unpaired) electrons. The summed E-state index contributed by atoms with van der Waals surface area (Å²) in [5, 5.41) is 0. The van der Waals surface area contributed by atoms with Crippen molar-refractivity contribution >= 4 is 11.8 Å². The number of hydrogen-bond donors (Lipinski definition) is 0. The van der Waals surface area contributed by atoms with Gasteiger partial charge in [0.2, 0.25) is 11.8 Å². The van der Waals surface area contributed by atoms with E-state index < -0.39 is 0 Å². The minimum Gasteiger partial charge on any atom is -0.341 e. The molecule has 2 aromatic rings. The van der Waals surface area contributed by atoms with Crippen LogP contribution in [0, 0.1) is 0 Å². The molecule has 0 saturated heterocycles. The number of fused-ring (bicyclic) bond motifs is 1. The van der Waals surface area contributed by atoms with Gasteiger partial charge in [-0.3, -0.25) is 9.59 Å². The highest BCUT2D eigenvalue weighted by molar-refractivity contribution is 5.96. The second-order valence-corrected chi connectivity index (χ2v) is 6.25. The van der Waals surface area contributed by atoms with Crippen molar-refractivity contribution in [2.24, 2.45) is 0 Å². The molecule has 4 heteroatoms. The molecule has 0 atom stereocenters. The zero-order chi connectivity index (χ0) is 16.9. The number of amides is 2. The Hall–Kier alpha value is -2.62. The average molecular weight is 322 g/mol. The van der Waals surface area contributed by atoms with E-state index in [-0.39, 0.29) is 18.2 Å². The van der Waals surface area contributed by atoms with Gasteiger partial charge in [0.1, 0.15) is 6.42 Å². The number of carbonyl (C=O) groups is 2. The maximum Gasteiger partial charge on any atom is 0.232 e. The first-order valence-corrected chi connectivity index (χ1v) is 8.26. The van der Waals surface area contributed by atoms with Gasteiger partial charge in [0.15, 0.2) is 0 Å². The van der Waals surface area contributed by atoms with E-state index in [2.05, 4.69) is 12.1 Å². The van der Waals surface area contributed by atoms with Crippen LogP contribution in [-0.2, 0) is 29.1 Å². The molecule has 2 aromatic carbocycles. The fourth-order valence-corrected chi connectivity index (χ4v) is 3.03. The lowest BCUT2D eigenvalue weighted by atomic mass is 10.00. The van der Waals surface area contributed by atoms with Gasteiger partial charge in [0.25, 0.3) is 0 Å². The van der Waals surface area contributed by atoms with E-state index in [1.807, 2.05) is 42.5 Å². The first-order valence-electron chi connectivity index (χ1n) is 8.26. The lowest BCUT2D eigenvalue weighted by Crippen LogP contribution is -2.39. The topological polar surface area (TPSA) is 40.6 Å². The summed E-state index contributed by atoms with van der Waals surface area (Å²) in [5.41, 5.74) is 3.55. The number of benzene rings is 2. The lowest BCUT2D eigenvalue weighted by Gasteiger charge is -2.29. The molecule has 0 fully saturated rings. The Morgan fingerprint density at radius 3 is 2.42 bits per heavy atom. The van der Waals surface area contributed by atoms with Gasteiger partial charge in [-0.25, -0.2) is 0 Å². The first-order chi connectivity index (χ1) is 11.6. The highest BCUT2D eigenvalue weighted by atomic mass is 16.2. The van der Waals surface area contributed by atoms with Crippen LogP contribution in [0.5, 0.6) is 0 Å². The molecule has 0 saturated carbocycles. The minimum atomic E-state index is -0.136. The van der Waals surface area contributed by atoms with Crippen molar-refractivity contribution in [3.8, 4) is 0 Å². The van der Waals surface area contributed by atoms with Crippen LogP contribution in [0.3, 0.4) is 0 Å². The van der Waals surface area contributed by atoms with E-state index in [0.29, 0.717) is 19.6 Å². The van der Waals surface area contributed by atoms with Crippen LogP contribution < -0.4 is 0 Å². The zero-order valence-electron chi connectivity index (χ0n) is 13.9. The van der Waals surface area contributed by atoms with Gasteiger partial charge in [-0.1, -0.05) is 54.6 Å². The highest BCUT2D eigenvalue weighted by Gasteiger charge is 2.23. The molecule has 24 heavy (non-hydrogen) atoms. The average Bonchev–Trinajstić information content (AvgIpc) is 2.62. The Labute approximate surface area is 142 Å². The van der Waals surface area contributed by atoms with Gasteiger partial charge >= 0.3 is 0 Å². The predicted octanol–water partition coefficient (Wildman–Crippen LogP) is 2.62. The standard InChI is InChI=1S/C20H22N2O2/c1-21(14-16-7-3-2-4-8-16)19(23)13-20(24)22-12-11-17-9-5-6-10-18(17)15-22/h2-10H,11-15H2,1H3. The second kappa shape index (κ2) is 7.30. The van der Waals surface area contributed by atoms with Gasteiger partial charge in [-0.15, -0.1) is 0 Å². The fraction of sp³-hybridized carbons (Fsp3) is 0.300. The monoisotopic (exact) mass is 322 g/mol. The van der Waals surface area contributed by atoms with Crippen molar-refractivity contribution in [3.63, 3.8) is 0 Å². The Morgan fingerprint density at radius 1 is 1.00 bits per heavy atom. The van der Waals surface area contributed by atoms with Crippen molar-refractivity contribution in [3.05, 3.63) is 71.3 Å². The smallest absolute Gasteiger partial charge is 0.232 e. The molecular formula is C20H22N2O2. The van der Waals surface area contributed by atoms with Crippen molar-refractivity contribution in [1.29, 1.82) is 0 Å². The maximum atomic E-state index is 12.5. The Bertz CT molecular complexity index is 727. The van der Waals surface area contributed by atoms with Crippen molar-refractivity contribution in [2.45, 2.75) is 25.9 Å². The third-order valence-corrected chi connectivity index (χ3v) is 4.47. The normalized spacial score (nSPS) is 13.3. The van der Waals surface area contributed by atoms with Crippen LogP contribution in [0.4, 0.5) is 0 Å². The van der Waals surface area contributed by atoms with Crippen LogP contribution in [-0.4, -0.2) is 35.2 Å². The van der Waals surface area contributed by atoms with Gasteiger partial charge in [0, 0.05) is 26.7 Å². The summed E-state index contributed by atoms with van der Waals surface area (Å²) in [6, 6.07) is 18.0. The van der Waals surface area contributed by atoms with Crippen LogP contribution in [0.15, 0.2) is 54.6 Å². The molecule has 2 amide bonds. The van der Waals surface area contributed by atoms with Crippen LogP contribution in [0.2, 0.25) is 0 Å². The van der Waals surface area contributed by atoms with Gasteiger partial charge in [-0.05, 0) is 23.1 Å². The number of carbonyl (C=O) groups excluding carboxylic acids is 2. The largest absolute Gasteiger partial charge is 0.341 e. The Balaban J connectivity index is 1.56. The van der Waals surface area contributed by atoms with E-state index in [9.17, 15) is 9.59 Å². The van der Waals surface area contributed by atoms with E-state index in [4.69, 9.17) is 0 Å². The third-order valence-electron chi connectivity index (χ3n) is 4.47. The molecule has 0 aromatic heterocycles. The quantitative estimate of drug-likeness (QED) is 0.812. The molecule has 4 nitrogen and oxygen atoms in total. The second-order valence-electron chi connectivity index (χ2n) is 6.25. The van der Waals surface area contributed by atoms with Crippen LogP contribution in [0.25, 0.3) is 0 Å². The van der Waals surface area contributed by atoms with E-state index in [1.54, 1.807) is 16.8 Å². The lowest BCUT2D eigenvalue weighted by molar-refractivity contribution is -0.140. The Morgan fingerprint density at radius 2 is 1.67 bits per heavy atom. The first kappa shape index (κ1) is 16.2. The summed E-state index contributed by atoms with van der Waals surface area (Å²) in [5.74, 6) is -0.225. The summed E-state index contributed by atoms with van der Waals surface area (Å²) >= 11 is 0. The highest BCUT2D eigenvalue weighted by Crippen LogP contribution is 2.19. The molecular weight excluding hydrogens is 300 g/mol. The van der Waals surface area contributed by atoms with E-state index in [0.717, 1.165) is 12.0 Å². The number of rotatable bonds is 4. The zero-order valence-corrected chi connectivity index (χ0v) is 13.9. The molecule has 0 aliphatic carbocycles. The van der Waals surface area contributed by atoms with E-state index >= 15 is 0 Å². The fourth-order valence-electron chi connectivity index (χ4n) is 3.03. The van der Waals surface area contributed by atoms with Crippen LogP contribution >= 0.6 is 0 Å². The summed E-state index contributed by atoms with van der Waals surface area (Å²) in [4.78, 5) is 28.2. The molecule has 0 bridgehead atoms. The molecule has 1 aliphatic heterocycles. The maximum absolute atomic E-state index is 12.5. The molecule has 1 aliphatic rings. The van der Waals surface area contributed by atoms with Gasteiger partial charge < -0.3 is 9.80 Å². The minimum absolute atomic E-state index is 0.0640. The predicted molar refractivity (Wildman–Crippen MR) is 93.1 cm³/mol. The third kappa shape index (κ3) is 3.82. The van der Waals surface area contributed by atoms with Gasteiger partial charge in [-0.2, -0.15) is 0 Å². The van der Waals surface area contributed by atoms with Gasteiger partial charge in [0.05, 0.1) is 0 Å². The van der Waals surface area contributed by atoms with Crippen molar-refractivity contribution in [2.75, 3.05) is 13.6 Å². The summed E-state index contributed by atoms with van der Waals surface area (Å²) < 4.78 is 0. The van der Waals surface area contributed by atoms with E-state index in [1.165, 1.54) is 11.1 Å². The molecule has 124 valence electrons. The van der Waals surface area contributed by atoms with Crippen molar-refractivity contribution < 1.29 is 9.59 Å². The molecule has 0 N–H and O–H groups in total. The summed E-state index contributed by atoms with van der Waals surface area (Å²) in [6.07, 6.45) is 0.793. The summed E-state index contributed by atoms with van der Waals surface area (Å²) in [7, 11) is 1.74.